The van der Waals surface area contributed by atoms with Crippen LogP contribution in [-0.2, 0) is 38.2 Å². The third kappa shape index (κ3) is 22.1. The number of halogens is 1. The van der Waals surface area contributed by atoms with Gasteiger partial charge < -0.3 is 85.2 Å². The number of rotatable bonds is 25. The Morgan fingerprint density at radius 2 is 0.938 bits per heavy atom. The van der Waals surface area contributed by atoms with Gasteiger partial charge in [0.15, 0.2) is 22.5 Å². The number of alkyl carbamates (subject to hydrolysis) is 2. The standard InChI is InChI=1S/C48H59N7O9S.C46H53FN6O9S/c1-27(2)42(41(56)29-15-17-31(18-16-29)54(5)6)64-47(61)52-35-14-12-10-8-9-11-13-30-24-48(30,45(59)60)53-43(57)39-22-33(25-55(39)44(35)58)63-40-23-37(38-26-65-46(51-38)49-28(3)4)50-36-21-32(62-7)19-20-34(36)40;1-25(2)40(39(54)27-13-15-29(47)16-14-27)62-45(59)51-33-12-10-8-6-7-9-11-28-22-46(28,43(57)58)52-41(55)37-20-31(23-53(37)42(33)56)61-38-21-35(36-24-63-44(50-36)48-26(3)4)49-34-19-30(60-5)17-18-32(34)38/h11,13,15-21,23,26-28,30,33,35,39,42H,8-10,12,14,22,24-25H2,1-7H3,(H,49,51)(H,52,61)(H,53,57)(H,59,60);9,11,13-19,21,24-26,28,31,33,37,40H,6-8,10,12,20,22-23H2,1-5H3,(H,48,50)(H,51,59)(H,52,55)(H,57,58)/b13-11-;11-9-/t30?,33-,35+,39+,42+,48-;28?,31-,33+,37+,40+,46-/m11/s1. The van der Waals surface area contributed by atoms with E-state index in [1.54, 1.807) is 90.4 Å². The normalized spacial score (nSPS) is 23.5. The number of Topliss-reactive ketones (excluding diaryl/α,β-unsaturated/α-hetero) is 2. The lowest BCUT2D eigenvalue weighted by Crippen LogP contribution is -2.56. The van der Waals surface area contributed by atoms with Crippen molar-refractivity contribution in [1.29, 1.82) is 0 Å². The average Bonchev–Trinajstić information content (AvgIpc) is 1.58. The molecule has 0 radical (unpaired) electrons. The number of allylic oxidation sites excluding steroid dienone is 2. The highest BCUT2D eigenvalue weighted by molar-refractivity contribution is 7.14. The van der Waals surface area contributed by atoms with Crippen LogP contribution in [0, 0.1) is 29.5 Å². The fourth-order valence-corrected chi connectivity index (χ4v) is 18.3. The number of nitrogens with one attached hydrogen (secondary N) is 6. The number of fused-ring (bicyclic) bond motifs is 6. The summed E-state index contributed by atoms with van der Waals surface area (Å²) in [6.45, 7) is 14.9. The molecular formula is C94H112FN13O18S2. The highest BCUT2D eigenvalue weighted by Crippen LogP contribution is 2.48. The third-order valence-electron chi connectivity index (χ3n) is 23.7. The minimum Gasteiger partial charge on any atom is -0.497 e. The summed E-state index contributed by atoms with van der Waals surface area (Å²) in [5, 5.41) is 44.9. The highest BCUT2D eigenvalue weighted by Gasteiger charge is 2.63. The van der Waals surface area contributed by atoms with E-state index < -0.39 is 143 Å². The van der Waals surface area contributed by atoms with E-state index in [4.69, 9.17) is 48.4 Å². The Kier molecular flexibility index (Phi) is 29.7. The number of carbonyl (C=O) groups excluding carboxylic acids is 8. The van der Waals surface area contributed by atoms with Crippen LogP contribution in [0.3, 0.4) is 0 Å². The van der Waals surface area contributed by atoms with Gasteiger partial charge >= 0.3 is 24.1 Å². The van der Waals surface area contributed by atoms with E-state index in [1.807, 2.05) is 106 Å². The van der Waals surface area contributed by atoms with Gasteiger partial charge in [0, 0.05) is 113 Å². The monoisotopic (exact) mass is 1790 g/mol. The molecule has 4 aromatic carbocycles. The van der Waals surface area contributed by atoms with E-state index in [1.165, 1.54) is 44.6 Å². The number of ketones is 2. The summed E-state index contributed by atoms with van der Waals surface area (Å²) >= 11 is 2.89. The van der Waals surface area contributed by atoms with Gasteiger partial charge in [-0.2, -0.15) is 0 Å². The Bertz CT molecular complexity index is 5490. The summed E-state index contributed by atoms with van der Waals surface area (Å²) in [6.07, 6.45) is 7.93. The van der Waals surface area contributed by atoms with E-state index in [-0.39, 0.29) is 75.0 Å². The summed E-state index contributed by atoms with van der Waals surface area (Å²) in [6, 6.07) is 21.9. The van der Waals surface area contributed by atoms with Crippen molar-refractivity contribution in [1.82, 2.24) is 51.0 Å². The molecule has 4 aromatic heterocycles. The molecule has 8 aromatic rings. The van der Waals surface area contributed by atoms with Gasteiger partial charge in [0.1, 0.15) is 87.7 Å². The van der Waals surface area contributed by atoms with Gasteiger partial charge in [0.05, 0.1) is 49.7 Å². The van der Waals surface area contributed by atoms with Crippen molar-refractivity contribution in [3.05, 3.63) is 149 Å². The van der Waals surface area contributed by atoms with Crippen LogP contribution in [0.25, 0.3) is 44.6 Å². The predicted molar refractivity (Wildman–Crippen MR) is 483 cm³/mol. The Morgan fingerprint density at radius 3 is 1.31 bits per heavy atom. The maximum atomic E-state index is 14.9. The zero-order valence-electron chi connectivity index (χ0n) is 73.8. The molecule has 14 rings (SSSR count). The van der Waals surface area contributed by atoms with Crippen LogP contribution >= 0.6 is 22.7 Å². The van der Waals surface area contributed by atoms with Crippen LogP contribution in [0.1, 0.15) is 166 Å². The van der Waals surface area contributed by atoms with Gasteiger partial charge in [-0.05, 0) is 164 Å². The summed E-state index contributed by atoms with van der Waals surface area (Å²) in [4.78, 5) is 162. The SMILES string of the molecule is COc1ccc2c(O[C@@H]3C[C@H]4C(=O)N[C@]5(C(=O)O)CC5/C=C\CCCCC[C@H](NC(=O)O[C@H](C(=O)c5ccc(F)cc5)C(C)C)C(=O)N4C3)cc(-c3csc(NC(C)C)n3)nc2c1.COc1ccc2c(O[C@@H]3C[C@H]4C(=O)N[C@]5(C(=O)O)CC5/C=C\CCCCC[C@H](NC(=O)O[C@H](C(=O)c5ccc(N(C)C)cc5)C(C)C)C(=O)N4C3)cc(-c3csc(NC(C)C)n3)nc2c1. The Balaban J connectivity index is 0.000000219. The van der Waals surface area contributed by atoms with Crippen LogP contribution in [0.5, 0.6) is 23.0 Å². The number of aromatic nitrogens is 4. The molecule has 2 saturated carbocycles. The molecule has 4 fully saturated rings. The van der Waals surface area contributed by atoms with E-state index in [9.17, 15) is 62.5 Å². The van der Waals surface area contributed by atoms with Crippen molar-refractivity contribution in [2.24, 2.45) is 23.7 Å². The average molecular weight is 1800 g/mol. The lowest BCUT2D eigenvalue weighted by atomic mass is 9.97. The van der Waals surface area contributed by atoms with E-state index >= 15 is 0 Å². The largest absolute Gasteiger partial charge is 0.497 e. The number of carboxylic acids is 2. The van der Waals surface area contributed by atoms with Gasteiger partial charge in [-0.3, -0.25) is 28.8 Å². The molecule has 0 spiro atoms. The van der Waals surface area contributed by atoms with Crippen LogP contribution in [0.2, 0.25) is 0 Å². The number of amides is 6. The number of benzene rings is 4. The van der Waals surface area contributed by atoms with Gasteiger partial charge in [0.25, 0.3) is 0 Å². The number of anilines is 3. The number of carboxylic acid groups (broad SMARTS) is 2. The summed E-state index contributed by atoms with van der Waals surface area (Å²) in [5.41, 5.74) is 1.83. The number of ether oxygens (including phenoxy) is 6. The third-order valence-corrected chi connectivity index (χ3v) is 25.3. The van der Waals surface area contributed by atoms with Crippen molar-refractivity contribution in [2.75, 3.05) is 56.9 Å². The number of thiazole rings is 2. The minimum absolute atomic E-state index is 0.000994. The van der Waals surface area contributed by atoms with Gasteiger partial charge in [0.2, 0.25) is 35.2 Å². The summed E-state index contributed by atoms with van der Waals surface area (Å²) in [7, 11) is 6.91. The molecule has 6 amide bonds. The number of aliphatic carboxylic acids is 2. The lowest BCUT2D eigenvalue weighted by Gasteiger charge is -2.30. The molecule has 2 aliphatic carbocycles. The first-order valence-electron chi connectivity index (χ1n) is 43.6. The van der Waals surface area contributed by atoms with Crippen LogP contribution in [0.15, 0.2) is 132 Å². The van der Waals surface area contributed by atoms with E-state index in [0.717, 1.165) is 47.3 Å². The zero-order chi connectivity index (χ0) is 91.6. The zero-order valence-corrected chi connectivity index (χ0v) is 75.5. The second-order valence-electron chi connectivity index (χ2n) is 34.9. The van der Waals surface area contributed by atoms with E-state index in [2.05, 4.69) is 31.9 Å². The van der Waals surface area contributed by atoms with Crippen molar-refractivity contribution in [3.8, 4) is 45.8 Å². The predicted octanol–water partition coefficient (Wildman–Crippen LogP) is 14.2. The molecule has 34 heteroatoms. The maximum absolute atomic E-state index is 14.9. The molecular weight excluding hydrogens is 1680 g/mol. The first kappa shape index (κ1) is 93.3. The summed E-state index contributed by atoms with van der Waals surface area (Å²) < 4.78 is 49.6. The first-order chi connectivity index (χ1) is 61.2. The van der Waals surface area contributed by atoms with Crippen molar-refractivity contribution < 1.29 is 91.0 Å². The molecule has 8 heterocycles. The Hall–Kier alpha value is -12.3. The number of pyridine rings is 2. The molecule has 4 aliphatic heterocycles. The highest BCUT2D eigenvalue weighted by atomic mass is 32.1. The number of hydrogen-bond acceptors (Lipinski definition) is 25. The second kappa shape index (κ2) is 40.8. The lowest BCUT2D eigenvalue weighted by molar-refractivity contribution is -0.146. The molecule has 31 nitrogen and oxygen atoms in total. The molecule has 0 bridgehead atoms. The Morgan fingerprint density at radius 1 is 0.531 bits per heavy atom. The molecule has 8 N–H and O–H groups in total. The quantitative estimate of drug-likeness (QED) is 0.0195. The van der Waals surface area contributed by atoms with Crippen LogP contribution < -0.4 is 55.7 Å². The molecule has 128 heavy (non-hydrogen) atoms. The molecule has 680 valence electrons. The Labute approximate surface area is 750 Å². The molecule has 12 atom stereocenters. The summed E-state index contributed by atoms with van der Waals surface area (Å²) in [5.74, 6) is -5.87. The minimum atomic E-state index is -1.53. The first-order valence-corrected chi connectivity index (χ1v) is 45.3. The maximum Gasteiger partial charge on any atom is 0.408 e. The number of nitrogens with zero attached hydrogens (tertiary/aromatic N) is 7. The van der Waals surface area contributed by atoms with Crippen molar-refractivity contribution in [3.63, 3.8) is 0 Å². The fourth-order valence-electron chi connectivity index (χ4n) is 16.6. The number of hydrogen-bond donors (Lipinski definition) is 8. The topological polar surface area (TPSA) is 400 Å². The fraction of sp³-hybridized carbons (Fsp3) is 0.468. The second-order valence-corrected chi connectivity index (χ2v) is 36.6. The van der Waals surface area contributed by atoms with E-state index in [0.29, 0.717) is 105 Å². The van der Waals surface area contributed by atoms with Crippen LogP contribution in [-0.4, -0.2) is 212 Å². The number of carbonyl (C=O) groups is 10. The molecule has 2 unspecified atom stereocenters. The smallest absolute Gasteiger partial charge is 0.408 e. The van der Waals surface area contributed by atoms with Crippen molar-refractivity contribution in [2.45, 2.75) is 217 Å². The van der Waals surface area contributed by atoms with Crippen LogP contribution in [0.4, 0.5) is 29.9 Å². The molecule has 6 aliphatic rings. The van der Waals surface area contributed by atoms with Gasteiger partial charge in [-0.25, -0.2) is 43.5 Å². The molecule has 2 saturated heterocycles. The van der Waals surface area contributed by atoms with Gasteiger partial charge in [-0.1, -0.05) is 77.7 Å². The number of methoxy groups -OCH3 is 2. The van der Waals surface area contributed by atoms with Crippen molar-refractivity contribution >= 4 is 120 Å². The van der Waals surface area contributed by atoms with Gasteiger partial charge in [-0.15, -0.1) is 22.7 Å².